The molecule has 2 aromatic carbocycles. The van der Waals surface area contributed by atoms with Crippen molar-refractivity contribution in [3.63, 3.8) is 0 Å². The number of primary sulfonamides is 1. The average Bonchev–Trinajstić information content (AvgIpc) is 2.42. The fourth-order valence-corrected chi connectivity index (χ4v) is 4.22. The first kappa shape index (κ1) is 17.3. The number of anilines is 1. The molecule has 0 aliphatic heterocycles. The van der Waals surface area contributed by atoms with Crippen LogP contribution in [0.25, 0.3) is 0 Å². The minimum Gasteiger partial charge on any atom is -0.508 e. The van der Waals surface area contributed by atoms with Gasteiger partial charge in [-0.1, -0.05) is 12.1 Å². The smallest absolute Gasteiger partial charge is 0.262 e. The van der Waals surface area contributed by atoms with Crippen molar-refractivity contribution in [1.29, 1.82) is 0 Å². The molecule has 0 atom stereocenters. The second-order valence-corrected chi connectivity index (χ2v) is 8.21. The quantitative estimate of drug-likeness (QED) is 0.715. The maximum Gasteiger partial charge on any atom is 0.262 e. The van der Waals surface area contributed by atoms with Crippen molar-refractivity contribution in [1.82, 2.24) is 0 Å². The second kappa shape index (κ2) is 5.84. The number of hydrogen-bond acceptors (Lipinski definition) is 5. The number of hydrogen-bond donors (Lipinski definition) is 3. The molecule has 0 aliphatic carbocycles. The molecule has 2 aromatic rings. The van der Waals surface area contributed by atoms with E-state index in [1.54, 1.807) is 26.0 Å². The number of benzene rings is 2. The highest BCUT2D eigenvalue weighted by Gasteiger charge is 2.22. The van der Waals surface area contributed by atoms with Crippen molar-refractivity contribution in [3.8, 4) is 5.75 Å². The van der Waals surface area contributed by atoms with Crippen LogP contribution in [0.4, 0.5) is 5.69 Å². The molecule has 0 unspecified atom stereocenters. The second-order valence-electron chi connectivity index (χ2n) is 5.03. The van der Waals surface area contributed by atoms with Gasteiger partial charge < -0.3 is 5.11 Å². The monoisotopic (exact) mass is 356 g/mol. The van der Waals surface area contributed by atoms with Gasteiger partial charge >= 0.3 is 0 Å². The molecule has 0 aliphatic rings. The number of rotatable bonds is 4. The Hall–Kier alpha value is -2.10. The van der Waals surface area contributed by atoms with Crippen LogP contribution < -0.4 is 9.86 Å². The number of nitrogens with one attached hydrogen (secondary N) is 1. The summed E-state index contributed by atoms with van der Waals surface area (Å²) in [5, 5.41) is 14.5. The van der Waals surface area contributed by atoms with E-state index in [0.717, 1.165) is 23.8 Å². The Kier molecular flexibility index (Phi) is 4.38. The third-order valence-electron chi connectivity index (χ3n) is 3.36. The molecule has 0 saturated heterocycles. The zero-order chi connectivity index (χ0) is 17.4. The zero-order valence-corrected chi connectivity index (χ0v) is 14.1. The van der Waals surface area contributed by atoms with Crippen molar-refractivity contribution in [2.24, 2.45) is 5.14 Å². The first-order valence-corrected chi connectivity index (χ1v) is 9.50. The minimum atomic E-state index is -4.22. The Morgan fingerprint density at radius 1 is 1.00 bits per heavy atom. The lowest BCUT2D eigenvalue weighted by atomic mass is 10.1. The Morgan fingerprint density at radius 3 is 2.26 bits per heavy atom. The van der Waals surface area contributed by atoms with Gasteiger partial charge in [-0.05, 0) is 43.2 Å². The number of phenolic OH excluding ortho intramolecular Hbond substituents is 1. The van der Waals surface area contributed by atoms with E-state index >= 15 is 0 Å². The van der Waals surface area contributed by atoms with Gasteiger partial charge in [0.05, 0.1) is 10.6 Å². The predicted octanol–water partition coefficient (Wildman–Crippen LogP) is 1.46. The molecule has 2 rings (SSSR count). The Bertz CT molecular complexity index is 967. The summed E-state index contributed by atoms with van der Waals surface area (Å²) in [7, 11) is -8.23. The van der Waals surface area contributed by atoms with Gasteiger partial charge in [0.1, 0.15) is 10.6 Å². The molecule has 0 heterocycles. The highest BCUT2D eigenvalue weighted by atomic mass is 32.2. The minimum absolute atomic E-state index is 0.0333. The third-order valence-corrected chi connectivity index (χ3v) is 5.82. The summed E-state index contributed by atoms with van der Waals surface area (Å²) in [5.74, 6) is -0.344. The maximum absolute atomic E-state index is 12.5. The lowest BCUT2D eigenvalue weighted by molar-refractivity contribution is 0.473. The van der Waals surface area contributed by atoms with Crippen LogP contribution in [0.5, 0.6) is 5.75 Å². The van der Waals surface area contributed by atoms with Gasteiger partial charge in [-0.2, -0.15) is 0 Å². The van der Waals surface area contributed by atoms with E-state index < -0.39 is 24.9 Å². The SMILES string of the molecule is Cc1cccc(S(=O)(=O)Nc2ccc(O)cc2S(N)(=O)=O)c1C. The molecule has 0 radical (unpaired) electrons. The third kappa shape index (κ3) is 3.63. The number of nitrogens with two attached hydrogens (primary N) is 1. The van der Waals surface area contributed by atoms with Crippen LogP contribution in [-0.2, 0) is 20.0 Å². The number of aryl methyl sites for hydroxylation is 1. The first-order valence-electron chi connectivity index (χ1n) is 6.47. The van der Waals surface area contributed by atoms with Crippen LogP contribution >= 0.6 is 0 Å². The largest absolute Gasteiger partial charge is 0.508 e. The van der Waals surface area contributed by atoms with Crippen LogP contribution in [0.3, 0.4) is 0 Å². The lowest BCUT2D eigenvalue weighted by Gasteiger charge is -2.14. The average molecular weight is 356 g/mol. The fraction of sp³-hybridized carbons (Fsp3) is 0.143. The molecule has 0 saturated carbocycles. The normalized spacial score (nSPS) is 12.1. The maximum atomic E-state index is 12.5. The molecule has 9 heteroatoms. The standard InChI is InChI=1S/C14H16N2O5S2/c1-9-4-3-5-13(10(9)2)23(20,21)16-12-7-6-11(17)8-14(12)22(15,18)19/h3-8,16-17H,1-2H3,(H2,15,18,19). The molecule has 0 amide bonds. The van der Waals surface area contributed by atoms with Gasteiger partial charge in [0.25, 0.3) is 10.0 Å². The van der Waals surface area contributed by atoms with Crippen molar-refractivity contribution in [2.75, 3.05) is 4.72 Å². The summed E-state index contributed by atoms with van der Waals surface area (Å²) in [6, 6.07) is 7.96. The fourth-order valence-electron chi connectivity index (χ4n) is 2.05. The van der Waals surface area contributed by atoms with Crippen LogP contribution in [0.15, 0.2) is 46.2 Å². The zero-order valence-electron chi connectivity index (χ0n) is 12.4. The molecular formula is C14H16N2O5S2. The predicted molar refractivity (Wildman–Crippen MR) is 86.2 cm³/mol. The molecule has 23 heavy (non-hydrogen) atoms. The number of phenols is 1. The highest BCUT2D eigenvalue weighted by molar-refractivity contribution is 7.93. The number of sulfonamides is 2. The van der Waals surface area contributed by atoms with E-state index in [1.165, 1.54) is 6.07 Å². The molecular weight excluding hydrogens is 340 g/mol. The molecule has 124 valence electrons. The van der Waals surface area contributed by atoms with Crippen molar-refractivity contribution in [3.05, 3.63) is 47.5 Å². The Morgan fingerprint density at radius 2 is 1.65 bits per heavy atom. The summed E-state index contributed by atoms with van der Waals surface area (Å²) in [6.45, 7) is 3.42. The molecule has 0 aromatic heterocycles. The van der Waals surface area contributed by atoms with Crippen LogP contribution in [-0.4, -0.2) is 21.9 Å². The summed E-state index contributed by atoms with van der Waals surface area (Å²) in [4.78, 5) is -0.475. The first-order chi connectivity index (χ1) is 10.5. The van der Waals surface area contributed by atoms with Crippen LogP contribution in [0, 0.1) is 13.8 Å². The van der Waals surface area contributed by atoms with E-state index in [0.29, 0.717) is 5.56 Å². The number of aromatic hydroxyl groups is 1. The highest BCUT2D eigenvalue weighted by Crippen LogP contribution is 2.28. The molecule has 7 nitrogen and oxygen atoms in total. The van der Waals surface area contributed by atoms with E-state index in [9.17, 15) is 21.9 Å². The van der Waals surface area contributed by atoms with Crippen LogP contribution in [0.2, 0.25) is 0 Å². The summed E-state index contributed by atoms with van der Waals surface area (Å²) >= 11 is 0. The van der Waals surface area contributed by atoms with E-state index in [4.69, 9.17) is 5.14 Å². The van der Waals surface area contributed by atoms with Gasteiger partial charge in [0.2, 0.25) is 10.0 Å². The molecule has 0 spiro atoms. The van der Waals surface area contributed by atoms with Crippen molar-refractivity contribution in [2.45, 2.75) is 23.6 Å². The molecule has 4 N–H and O–H groups in total. The lowest BCUT2D eigenvalue weighted by Crippen LogP contribution is -2.19. The summed E-state index contributed by atoms with van der Waals surface area (Å²) < 4.78 is 50.4. The van der Waals surface area contributed by atoms with Gasteiger partial charge in [-0.15, -0.1) is 0 Å². The van der Waals surface area contributed by atoms with E-state index in [2.05, 4.69) is 4.72 Å². The van der Waals surface area contributed by atoms with Gasteiger partial charge in [0, 0.05) is 6.07 Å². The topological polar surface area (TPSA) is 127 Å². The van der Waals surface area contributed by atoms with Gasteiger partial charge in [0.15, 0.2) is 0 Å². The van der Waals surface area contributed by atoms with Gasteiger partial charge in [-0.3, -0.25) is 4.72 Å². The van der Waals surface area contributed by atoms with E-state index in [-0.39, 0.29) is 16.3 Å². The molecule has 0 fully saturated rings. The Labute approximate surface area is 134 Å². The van der Waals surface area contributed by atoms with E-state index in [1.807, 2.05) is 0 Å². The summed E-state index contributed by atoms with van der Waals surface area (Å²) in [5.41, 5.74) is 1.10. The van der Waals surface area contributed by atoms with Crippen LogP contribution in [0.1, 0.15) is 11.1 Å². The summed E-state index contributed by atoms with van der Waals surface area (Å²) in [6.07, 6.45) is 0. The molecule has 0 bridgehead atoms. The van der Waals surface area contributed by atoms with Crippen molar-refractivity contribution < 1.29 is 21.9 Å². The van der Waals surface area contributed by atoms with Crippen molar-refractivity contribution >= 4 is 25.7 Å². The Balaban J connectivity index is 2.57. The van der Waals surface area contributed by atoms with Gasteiger partial charge in [-0.25, -0.2) is 22.0 Å².